The van der Waals surface area contributed by atoms with Crippen molar-refractivity contribution in [2.24, 2.45) is 0 Å². The Hall–Kier alpha value is -5.06. The third kappa shape index (κ3) is 7.38. The Kier molecular flexibility index (Phi) is 9.04. The Morgan fingerprint density at radius 2 is 1.00 bits per heavy atom. The van der Waals surface area contributed by atoms with Gasteiger partial charge in [-0.2, -0.15) is 0 Å². The molecule has 6 aromatic carbocycles. The summed E-state index contributed by atoms with van der Waals surface area (Å²) in [5, 5.41) is 2.47. The fourth-order valence-corrected chi connectivity index (χ4v) is 13.7. The highest BCUT2D eigenvalue weighted by Crippen LogP contribution is 2.55. The summed E-state index contributed by atoms with van der Waals surface area (Å²) in [6, 6.07) is 29.5. The average molecular weight is 946 g/mol. The van der Waals surface area contributed by atoms with Gasteiger partial charge in [-0.05, 0) is 190 Å². The predicted molar refractivity (Wildman–Crippen MR) is 308 cm³/mol. The Morgan fingerprint density at radius 3 is 1.57 bits per heavy atom. The zero-order valence-electron chi connectivity index (χ0n) is 50.2. The Morgan fingerprint density at radius 1 is 0.471 bits per heavy atom. The van der Waals surface area contributed by atoms with Crippen molar-refractivity contribution >= 4 is 78.0 Å². The van der Waals surface area contributed by atoms with Crippen molar-refractivity contribution < 1.29 is 6.85 Å². The van der Waals surface area contributed by atoms with Crippen LogP contribution in [-0.4, -0.2) is 6.71 Å². The van der Waals surface area contributed by atoms with Crippen molar-refractivity contribution in [3.05, 3.63) is 148 Å². The Balaban J connectivity index is 1.35. The lowest BCUT2D eigenvalue weighted by atomic mass is 9.33. The Labute approximate surface area is 433 Å². The smallest absolute Gasteiger partial charge is 0.254 e. The second-order valence-corrected chi connectivity index (χ2v) is 28.3. The zero-order valence-corrected chi connectivity index (χ0v) is 46.0. The number of benzene rings is 6. The van der Waals surface area contributed by atoms with Crippen LogP contribution in [0.2, 0.25) is 0 Å². The molecule has 0 atom stereocenters. The zero-order chi connectivity index (χ0) is 54.4. The molecule has 11 rings (SSSR count). The molecule has 0 amide bonds. The van der Waals surface area contributed by atoms with Gasteiger partial charge >= 0.3 is 0 Å². The van der Waals surface area contributed by atoms with E-state index in [-0.39, 0.29) is 74.4 Å². The van der Waals surface area contributed by atoms with Gasteiger partial charge in [-0.15, -0.1) is 11.3 Å². The minimum Gasteiger partial charge on any atom is -0.311 e. The van der Waals surface area contributed by atoms with E-state index in [2.05, 4.69) is 206 Å². The fraction of sp³-hybridized carbons (Fsp3) is 0.424. The molecule has 0 bridgehead atoms. The molecule has 0 saturated carbocycles. The monoisotopic (exact) mass is 946 g/mol. The second kappa shape index (κ2) is 15.2. The molecular formula is C66H77BN2S. The van der Waals surface area contributed by atoms with Gasteiger partial charge in [0, 0.05) is 33.1 Å². The summed E-state index contributed by atoms with van der Waals surface area (Å²) >= 11 is 1.89. The molecule has 0 unspecified atom stereocenters. The predicted octanol–water partition coefficient (Wildman–Crippen LogP) is 17.2. The lowest BCUT2D eigenvalue weighted by Gasteiger charge is -2.45. The molecule has 2 aliphatic carbocycles. The molecule has 1 aromatic heterocycles. The minimum atomic E-state index is -0.391. The summed E-state index contributed by atoms with van der Waals surface area (Å²) < 4.78 is 47.1. The Bertz CT molecular complexity index is 3530. The highest BCUT2D eigenvalue weighted by atomic mass is 32.1. The summed E-state index contributed by atoms with van der Waals surface area (Å²) in [5.41, 5.74) is 18.5. The highest BCUT2D eigenvalue weighted by Gasteiger charge is 2.48. The molecule has 0 saturated heterocycles. The van der Waals surface area contributed by atoms with Gasteiger partial charge in [-0.25, -0.2) is 0 Å². The third-order valence-corrected chi connectivity index (χ3v) is 18.5. The number of thiophene rings is 1. The lowest BCUT2D eigenvalue weighted by molar-refractivity contribution is 0.332. The van der Waals surface area contributed by atoms with Crippen LogP contribution in [-0.2, 0) is 37.9 Å². The summed E-state index contributed by atoms with van der Waals surface area (Å²) in [6.45, 7) is 39.8. The largest absolute Gasteiger partial charge is 0.311 e. The van der Waals surface area contributed by atoms with Gasteiger partial charge in [0.15, 0.2) is 0 Å². The quantitative estimate of drug-likeness (QED) is 0.163. The van der Waals surface area contributed by atoms with Crippen LogP contribution in [0, 0.1) is 0 Å². The fourth-order valence-electron chi connectivity index (χ4n) is 12.4. The van der Waals surface area contributed by atoms with Crippen LogP contribution >= 0.6 is 11.3 Å². The van der Waals surface area contributed by atoms with Gasteiger partial charge in [-0.3, -0.25) is 0 Å². The van der Waals surface area contributed by atoms with E-state index in [0.29, 0.717) is 5.56 Å². The van der Waals surface area contributed by atoms with Crippen LogP contribution in [0.1, 0.15) is 189 Å². The van der Waals surface area contributed by atoms with Crippen molar-refractivity contribution in [3.8, 4) is 11.1 Å². The van der Waals surface area contributed by atoms with Crippen LogP contribution < -0.4 is 26.2 Å². The van der Waals surface area contributed by atoms with Crippen LogP contribution in [0.25, 0.3) is 21.2 Å². The van der Waals surface area contributed by atoms with Crippen LogP contribution in [0.3, 0.4) is 0 Å². The maximum atomic E-state index is 9.54. The van der Waals surface area contributed by atoms with E-state index in [4.69, 9.17) is 4.11 Å². The molecule has 7 aromatic rings. The molecule has 2 nitrogen and oxygen atoms in total. The molecule has 0 spiro atoms. The first-order valence-corrected chi connectivity index (χ1v) is 26.9. The third-order valence-electron chi connectivity index (χ3n) is 17.3. The normalized spacial score (nSPS) is 19.5. The summed E-state index contributed by atoms with van der Waals surface area (Å²) in [7, 11) is 0. The first-order valence-electron chi connectivity index (χ1n) is 28.5. The van der Waals surface area contributed by atoms with Crippen LogP contribution in [0.5, 0.6) is 0 Å². The molecule has 4 aliphatic rings. The van der Waals surface area contributed by atoms with Gasteiger partial charge in [0.2, 0.25) is 0 Å². The van der Waals surface area contributed by atoms with Crippen molar-refractivity contribution in [2.45, 2.75) is 181 Å². The molecule has 0 radical (unpaired) electrons. The number of hydrogen-bond donors (Lipinski definition) is 0. The van der Waals surface area contributed by atoms with Crippen molar-refractivity contribution in [1.82, 2.24) is 0 Å². The average Bonchev–Trinajstić information content (AvgIpc) is 3.69. The molecular weight excluding hydrogens is 864 g/mol. The molecule has 4 heteroatoms. The number of anilines is 6. The van der Waals surface area contributed by atoms with Gasteiger partial charge in [-0.1, -0.05) is 172 Å². The standard InChI is InChI=1S/C66H77BN2S/c1-60(2,3)42-23-26-53-52(36-42)67-57-47-38-50-51(66(16,17)30-29-65(50,14)15)39-56(47)70-59(57)69(45-24-25-48-49(37-45)64(12,13)28-27-63(48,10)11)55-32-41(40-21-19-18-20-22-40)31-54(58(55)67)68(53)46-34-43(61(4,5)6)33-44(35-46)62(7,8)9/h18-26,31-39H,27-30H2,1-17H3/i18D,19D,20D,21D,22D. The van der Waals surface area contributed by atoms with E-state index in [1.807, 2.05) is 11.3 Å². The number of hydrogen-bond acceptors (Lipinski definition) is 3. The van der Waals surface area contributed by atoms with Gasteiger partial charge in [0.1, 0.15) is 0 Å². The van der Waals surface area contributed by atoms with Crippen LogP contribution in [0.15, 0.2) is 109 Å². The highest BCUT2D eigenvalue weighted by molar-refractivity contribution is 7.26. The molecule has 3 heterocycles. The van der Waals surface area contributed by atoms with E-state index in [1.54, 1.807) is 0 Å². The maximum absolute atomic E-state index is 9.54. The van der Waals surface area contributed by atoms with Gasteiger partial charge < -0.3 is 9.80 Å². The molecule has 2 aliphatic heterocycles. The van der Waals surface area contributed by atoms with E-state index in [0.717, 1.165) is 59.6 Å². The SMILES string of the molecule is [2H]c1c([2H])c([2H])c(-c2cc3c4c(c2)N(c2ccc5c(c2)C(C)(C)CCC5(C)C)c2sc5cc6c(cc5c2B4c2cc(C(C)(C)C)ccc2N3c2cc(C(C)(C)C)cc(C(C)(C)C)c2)C(C)(C)CCC6(C)C)c([2H])c1[2H]. The number of fused-ring (bicyclic) bond motifs is 8. The number of rotatable bonds is 3. The second-order valence-electron chi connectivity index (χ2n) is 27.3. The van der Waals surface area contributed by atoms with E-state index in [9.17, 15) is 2.74 Å². The first-order chi connectivity index (χ1) is 34.6. The summed E-state index contributed by atoms with van der Waals surface area (Å²) in [5.74, 6) is 0. The molecule has 0 N–H and O–H groups in total. The van der Waals surface area contributed by atoms with Crippen molar-refractivity contribution in [1.29, 1.82) is 0 Å². The first kappa shape index (κ1) is 41.6. The van der Waals surface area contributed by atoms with E-state index in [1.165, 1.54) is 65.0 Å². The van der Waals surface area contributed by atoms with Crippen molar-refractivity contribution in [3.63, 3.8) is 0 Å². The van der Waals surface area contributed by atoms with Crippen molar-refractivity contribution in [2.75, 3.05) is 9.80 Å². The lowest BCUT2D eigenvalue weighted by Crippen LogP contribution is -2.61. The van der Waals surface area contributed by atoms with E-state index >= 15 is 0 Å². The summed E-state index contributed by atoms with van der Waals surface area (Å²) in [4.78, 5) is 4.98. The minimum absolute atomic E-state index is 0.00941. The van der Waals surface area contributed by atoms with E-state index < -0.39 is 6.04 Å². The molecule has 360 valence electrons. The van der Waals surface area contributed by atoms with Gasteiger partial charge in [0.25, 0.3) is 6.71 Å². The maximum Gasteiger partial charge on any atom is 0.254 e. The summed E-state index contributed by atoms with van der Waals surface area (Å²) in [6.07, 6.45) is 4.44. The van der Waals surface area contributed by atoms with Gasteiger partial charge in [0.05, 0.1) is 11.9 Å². The van der Waals surface area contributed by atoms with Crippen LogP contribution in [0.4, 0.5) is 33.4 Å². The molecule has 70 heavy (non-hydrogen) atoms. The molecule has 0 fully saturated rings. The topological polar surface area (TPSA) is 6.48 Å². The number of nitrogens with zero attached hydrogens (tertiary/aromatic N) is 2.